The molecule has 0 saturated carbocycles. The molecular weight excluding hydrogens is 487 g/mol. The van der Waals surface area contributed by atoms with Gasteiger partial charge < -0.3 is 15.1 Å². The van der Waals surface area contributed by atoms with E-state index in [1.54, 1.807) is 12.4 Å². The van der Waals surface area contributed by atoms with E-state index in [4.69, 9.17) is 0 Å². The van der Waals surface area contributed by atoms with Crippen LogP contribution in [0, 0.1) is 6.07 Å². The number of hydrogen-bond acceptors (Lipinski definition) is 3. The summed E-state index contributed by atoms with van der Waals surface area (Å²) in [7, 11) is 0. The third-order valence-electron chi connectivity index (χ3n) is 2.35. The van der Waals surface area contributed by atoms with Crippen molar-refractivity contribution in [1.82, 2.24) is 20.2 Å². The van der Waals surface area contributed by atoms with E-state index in [1.165, 1.54) is 0 Å². The second kappa shape index (κ2) is 7.31. The molecule has 0 amide bonds. The SMILES string of the molecule is [Br][Pt+].[c-]1c(-c2ccccn2)n[nH]c1-c1ccccn1. The van der Waals surface area contributed by atoms with E-state index in [9.17, 15) is 0 Å². The van der Waals surface area contributed by atoms with Gasteiger partial charge in [0.05, 0.1) is 0 Å². The van der Waals surface area contributed by atoms with Gasteiger partial charge >= 0.3 is 31.1 Å². The Labute approximate surface area is 128 Å². The minimum Gasteiger partial charge on any atom is -0.318 e. The zero-order valence-electron chi connectivity index (χ0n) is 9.65. The van der Waals surface area contributed by atoms with Crippen LogP contribution >= 0.6 is 13.3 Å². The van der Waals surface area contributed by atoms with Gasteiger partial charge in [-0.3, -0.25) is 0 Å². The maximum atomic E-state index is 4.23. The molecule has 98 valence electrons. The van der Waals surface area contributed by atoms with Crippen molar-refractivity contribution in [2.75, 3.05) is 0 Å². The number of aromatic amines is 1. The van der Waals surface area contributed by atoms with Crippen molar-refractivity contribution >= 4 is 13.3 Å². The quantitative estimate of drug-likeness (QED) is 0.555. The maximum absolute atomic E-state index is 4.23. The van der Waals surface area contributed by atoms with Crippen LogP contribution in [-0.4, -0.2) is 20.2 Å². The normalized spacial score (nSPS) is 9.63. The van der Waals surface area contributed by atoms with Crippen LogP contribution in [0.1, 0.15) is 0 Å². The van der Waals surface area contributed by atoms with E-state index >= 15 is 0 Å². The van der Waals surface area contributed by atoms with Gasteiger partial charge in [0, 0.05) is 12.4 Å². The van der Waals surface area contributed by atoms with Gasteiger partial charge in [-0.1, -0.05) is 24.3 Å². The third kappa shape index (κ3) is 3.58. The fourth-order valence-electron chi connectivity index (χ4n) is 1.54. The molecule has 0 unspecified atom stereocenters. The van der Waals surface area contributed by atoms with Crippen LogP contribution in [0.2, 0.25) is 0 Å². The monoisotopic (exact) mass is 495 g/mol. The zero-order chi connectivity index (χ0) is 13.5. The summed E-state index contributed by atoms with van der Waals surface area (Å²) < 4.78 is 0. The summed E-state index contributed by atoms with van der Waals surface area (Å²) in [6, 6.07) is 14.6. The Morgan fingerprint density at radius 3 is 2.16 bits per heavy atom. The average Bonchev–Trinajstić information content (AvgIpc) is 3.01. The Morgan fingerprint density at radius 2 is 1.58 bits per heavy atom. The molecule has 0 aliphatic heterocycles. The molecule has 0 spiro atoms. The van der Waals surface area contributed by atoms with Crippen molar-refractivity contribution in [3.05, 3.63) is 54.9 Å². The number of nitrogens with zero attached hydrogens (tertiary/aromatic N) is 3. The number of nitrogens with one attached hydrogen (secondary N) is 1. The molecule has 3 aromatic rings. The summed E-state index contributed by atoms with van der Waals surface area (Å²) >= 11 is 4.86. The van der Waals surface area contributed by atoms with Gasteiger partial charge in [-0.15, -0.1) is 6.07 Å². The molecule has 4 nitrogen and oxygen atoms in total. The Hall–Kier alpha value is -1.32. The molecule has 6 heteroatoms. The Morgan fingerprint density at radius 1 is 0.947 bits per heavy atom. The van der Waals surface area contributed by atoms with Crippen molar-refractivity contribution < 1.29 is 17.8 Å². The molecule has 0 atom stereocenters. The number of H-pyrrole nitrogens is 1. The molecule has 0 fully saturated rings. The second-order valence-corrected chi connectivity index (χ2v) is 3.50. The summed E-state index contributed by atoms with van der Waals surface area (Å²) in [6.45, 7) is 0. The summed E-state index contributed by atoms with van der Waals surface area (Å²) in [5.74, 6) is 0. The largest absolute Gasteiger partial charge is 0.318 e. The fourth-order valence-corrected chi connectivity index (χ4v) is 1.54. The molecule has 0 aliphatic rings. The minimum atomic E-state index is 0.700. The van der Waals surface area contributed by atoms with Crippen molar-refractivity contribution in [3.63, 3.8) is 0 Å². The first-order valence-electron chi connectivity index (χ1n) is 5.36. The van der Waals surface area contributed by atoms with Gasteiger partial charge in [0.2, 0.25) is 0 Å². The zero-order valence-corrected chi connectivity index (χ0v) is 13.5. The van der Waals surface area contributed by atoms with Crippen LogP contribution in [0.25, 0.3) is 22.8 Å². The minimum absolute atomic E-state index is 0.700. The molecule has 3 heterocycles. The van der Waals surface area contributed by atoms with Crippen LogP contribution in [-0.2, 0) is 17.8 Å². The fraction of sp³-hybridized carbons (Fsp3) is 0. The van der Waals surface area contributed by atoms with E-state index in [0.717, 1.165) is 17.1 Å². The number of aromatic nitrogens is 4. The Bertz CT molecular complexity index is 559. The molecule has 3 rings (SSSR count). The van der Waals surface area contributed by atoms with Crippen molar-refractivity contribution in [3.8, 4) is 22.8 Å². The van der Waals surface area contributed by atoms with Crippen molar-refractivity contribution in [2.24, 2.45) is 0 Å². The first-order valence-corrected chi connectivity index (χ1v) is 10.3. The Balaban J connectivity index is 0.000000637. The van der Waals surface area contributed by atoms with Gasteiger partial charge in [0.1, 0.15) is 0 Å². The van der Waals surface area contributed by atoms with Gasteiger partial charge in [0.15, 0.2) is 0 Å². The first kappa shape index (κ1) is 14.1. The second-order valence-electron chi connectivity index (χ2n) is 3.50. The van der Waals surface area contributed by atoms with E-state index < -0.39 is 0 Å². The topological polar surface area (TPSA) is 54.5 Å². The number of hydrogen-bond donors (Lipinski definition) is 1. The molecule has 0 saturated heterocycles. The predicted octanol–water partition coefficient (Wildman–Crippen LogP) is 3.18. The average molecular weight is 496 g/mol. The first-order chi connectivity index (χ1) is 9.43. The van der Waals surface area contributed by atoms with E-state index in [0.29, 0.717) is 5.69 Å². The summed E-state index contributed by atoms with van der Waals surface area (Å²) in [5.41, 5.74) is 3.09. The molecule has 0 aliphatic carbocycles. The van der Waals surface area contributed by atoms with Crippen LogP contribution in [0.3, 0.4) is 0 Å². The van der Waals surface area contributed by atoms with Gasteiger partial charge in [0.25, 0.3) is 0 Å². The molecule has 1 N–H and O–H groups in total. The molecule has 19 heavy (non-hydrogen) atoms. The number of pyridine rings is 2. The molecule has 3 aromatic heterocycles. The summed E-state index contributed by atoms with van der Waals surface area (Å²) in [6.07, 6.45) is 3.47. The summed E-state index contributed by atoms with van der Waals surface area (Å²) in [5, 5.41) is 7.09. The summed E-state index contributed by atoms with van der Waals surface area (Å²) in [4.78, 5) is 8.45. The van der Waals surface area contributed by atoms with Crippen LogP contribution in [0.5, 0.6) is 0 Å². The number of rotatable bonds is 2. The van der Waals surface area contributed by atoms with Crippen LogP contribution in [0.15, 0.2) is 48.8 Å². The third-order valence-corrected chi connectivity index (χ3v) is 2.35. The van der Waals surface area contributed by atoms with Gasteiger partial charge in [-0.25, -0.2) is 5.10 Å². The standard InChI is InChI=1S/C13H9N4.BrH.Pt/c1-3-7-14-10(5-1)12-9-13(17-16-12)11-6-2-4-8-15-11;;/h1-8H,(H,16,17);1H;/q-1;;+2/p-1. The van der Waals surface area contributed by atoms with Gasteiger partial charge in [-0.2, -0.15) is 0 Å². The molecular formula is C13H9BrN4Pt. The van der Waals surface area contributed by atoms with E-state index in [-0.39, 0.29) is 0 Å². The van der Waals surface area contributed by atoms with Gasteiger partial charge in [-0.05, 0) is 34.9 Å². The molecule has 0 aromatic carbocycles. The predicted molar refractivity (Wildman–Crippen MR) is 72.8 cm³/mol. The van der Waals surface area contributed by atoms with E-state index in [2.05, 4.69) is 39.5 Å². The maximum Gasteiger partial charge on any atom is 0.0125 e. The molecule has 0 radical (unpaired) electrons. The smallest absolute Gasteiger partial charge is 0.0125 e. The van der Waals surface area contributed by atoms with Crippen molar-refractivity contribution in [2.45, 2.75) is 0 Å². The number of halogens is 1. The van der Waals surface area contributed by atoms with Crippen LogP contribution in [0.4, 0.5) is 0 Å². The molecule has 0 bridgehead atoms. The Kier molecular flexibility index (Phi) is 5.42. The van der Waals surface area contributed by atoms with E-state index in [1.807, 2.05) is 54.2 Å². The van der Waals surface area contributed by atoms with Crippen molar-refractivity contribution in [1.29, 1.82) is 0 Å². The van der Waals surface area contributed by atoms with Crippen LogP contribution < -0.4 is 0 Å².